The Morgan fingerprint density at radius 1 is 1.28 bits per heavy atom. The van der Waals surface area contributed by atoms with Gasteiger partial charge in [0.2, 0.25) is 0 Å². The first-order chi connectivity index (χ1) is 8.72. The number of nitrogens with zero attached hydrogens (tertiary/aromatic N) is 2. The molecule has 1 heterocycles. The van der Waals surface area contributed by atoms with Gasteiger partial charge in [0.05, 0.1) is 5.69 Å². The van der Waals surface area contributed by atoms with Crippen molar-refractivity contribution in [3.05, 3.63) is 47.5 Å². The molecule has 0 atom stereocenters. The summed E-state index contributed by atoms with van der Waals surface area (Å²) in [4.78, 5) is 4.30. The van der Waals surface area contributed by atoms with Gasteiger partial charge in [-0.25, -0.2) is 4.98 Å². The Balaban J connectivity index is 2.32. The van der Waals surface area contributed by atoms with E-state index in [1.807, 2.05) is 19.3 Å². The van der Waals surface area contributed by atoms with E-state index < -0.39 is 0 Å². The Hall–Kier alpha value is -1.61. The van der Waals surface area contributed by atoms with Crippen LogP contribution in [0.5, 0.6) is 0 Å². The first-order valence-electron chi connectivity index (χ1n) is 6.53. The highest BCUT2D eigenvalue weighted by atomic mass is 15.1. The van der Waals surface area contributed by atoms with Crippen LogP contribution in [0, 0.1) is 13.8 Å². The van der Waals surface area contributed by atoms with Crippen molar-refractivity contribution in [1.29, 1.82) is 0 Å². The largest absolute Gasteiger partial charge is 0.313 e. The maximum absolute atomic E-state index is 4.30. The molecule has 1 aromatic carbocycles. The number of imidazole rings is 1. The average molecular weight is 243 g/mol. The van der Waals surface area contributed by atoms with E-state index in [0.717, 1.165) is 25.3 Å². The van der Waals surface area contributed by atoms with Gasteiger partial charge in [-0.2, -0.15) is 0 Å². The monoisotopic (exact) mass is 243 g/mol. The maximum Gasteiger partial charge on any atom is 0.110 e. The number of aryl methyl sites for hydroxylation is 2. The van der Waals surface area contributed by atoms with Crippen molar-refractivity contribution in [1.82, 2.24) is 14.9 Å². The molecule has 0 radical (unpaired) electrons. The number of aromatic nitrogens is 2. The molecule has 3 heteroatoms. The van der Waals surface area contributed by atoms with Crippen LogP contribution in [0.4, 0.5) is 0 Å². The number of hydrogen-bond acceptors (Lipinski definition) is 2. The molecule has 2 rings (SSSR count). The molecular formula is C15H21N3. The molecule has 1 aromatic heterocycles. The highest BCUT2D eigenvalue weighted by molar-refractivity contribution is 5.44. The van der Waals surface area contributed by atoms with Crippen LogP contribution < -0.4 is 5.32 Å². The lowest BCUT2D eigenvalue weighted by atomic mass is 10.1. The second kappa shape index (κ2) is 5.83. The highest BCUT2D eigenvalue weighted by Gasteiger charge is 2.06. The van der Waals surface area contributed by atoms with Gasteiger partial charge >= 0.3 is 0 Å². The van der Waals surface area contributed by atoms with Gasteiger partial charge in [0, 0.05) is 18.9 Å². The van der Waals surface area contributed by atoms with Gasteiger partial charge < -0.3 is 9.88 Å². The first-order valence-corrected chi connectivity index (χ1v) is 6.53. The molecule has 0 aliphatic rings. The van der Waals surface area contributed by atoms with Crippen LogP contribution in [0.1, 0.15) is 30.3 Å². The molecule has 1 N–H and O–H groups in total. The summed E-state index contributed by atoms with van der Waals surface area (Å²) in [6.07, 6.45) is 5.02. The number of nitrogens with one attached hydrogen (secondary N) is 1. The fourth-order valence-corrected chi connectivity index (χ4v) is 2.12. The Morgan fingerprint density at radius 3 is 2.78 bits per heavy atom. The van der Waals surface area contributed by atoms with E-state index in [9.17, 15) is 0 Å². The normalized spacial score (nSPS) is 10.8. The van der Waals surface area contributed by atoms with Gasteiger partial charge in [0.15, 0.2) is 0 Å². The van der Waals surface area contributed by atoms with Gasteiger partial charge in [0.25, 0.3) is 0 Å². The SMILES string of the molecule is CCCNCc1cc(C)ccc1-n1ccnc1C. The molecule has 0 bridgehead atoms. The zero-order chi connectivity index (χ0) is 13.0. The fourth-order valence-electron chi connectivity index (χ4n) is 2.12. The van der Waals surface area contributed by atoms with Crippen LogP contribution in [0.25, 0.3) is 5.69 Å². The van der Waals surface area contributed by atoms with E-state index in [-0.39, 0.29) is 0 Å². The maximum atomic E-state index is 4.30. The quantitative estimate of drug-likeness (QED) is 0.818. The third kappa shape index (κ3) is 2.79. The van der Waals surface area contributed by atoms with Gasteiger partial charge in [0.1, 0.15) is 5.82 Å². The lowest BCUT2D eigenvalue weighted by Crippen LogP contribution is -2.15. The second-order valence-electron chi connectivity index (χ2n) is 4.65. The van der Waals surface area contributed by atoms with Gasteiger partial charge in [-0.1, -0.05) is 24.6 Å². The minimum Gasteiger partial charge on any atom is -0.313 e. The number of hydrogen-bond donors (Lipinski definition) is 1. The third-order valence-electron chi connectivity index (χ3n) is 3.06. The summed E-state index contributed by atoms with van der Waals surface area (Å²) < 4.78 is 2.14. The zero-order valence-electron chi connectivity index (χ0n) is 11.4. The molecule has 0 amide bonds. The summed E-state index contributed by atoms with van der Waals surface area (Å²) in [7, 11) is 0. The Kier molecular flexibility index (Phi) is 4.15. The lowest BCUT2D eigenvalue weighted by Gasteiger charge is -2.13. The van der Waals surface area contributed by atoms with Crippen LogP contribution in [0.3, 0.4) is 0 Å². The molecule has 0 saturated heterocycles. The van der Waals surface area contributed by atoms with Crippen molar-refractivity contribution in [2.45, 2.75) is 33.7 Å². The first kappa shape index (κ1) is 12.8. The van der Waals surface area contributed by atoms with E-state index in [4.69, 9.17) is 0 Å². The average Bonchev–Trinajstić information content (AvgIpc) is 2.76. The van der Waals surface area contributed by atoms with Gasteiger partial charge in [-0.3, -0.25) is 0 Å². The van der Waals surface area contributed by atoms with Crippen LogP contribution in [-0.4, -0.2) is 16.1 Å². The van der Waals surface area contributed by atoms with Crippen molar-refractivity contribution in [2.75, 3.05) is 6.54 Å². The number of benzene rings is 1. The van der Waals surface area contributed by atoms with Crippen molar-refractivity contribution in [3.63, 3.8) is 0 Å². The summed E-state index contributed by atoms with van der Waals surface area (Å²) in [6, 6.07) is 6.57. The van der Waals surface area contributed by atoms with E-state index in [1.54, 1.807) is 0 Å². The Bertz CT molecular complexity index is 514. The summed E-state index contributed by atoms with van der Waals surface area (Å²) in [5.74, 6) is 1.02. The minimum absolute atomic E-state index is 0.905. The number of rotatable bonds is 5. The highest BCUT2D eigenvalue weighted by Crippen LogP contribution is 2.18. The molecule has 0 fully saturated rings. The third-order valence-corrected chi connectivity index (χ3v) is 3.06. The topological polar surface area (TPSA) is 29.9 Å². The Labute approximate surface area is 109 Å². The standard InChI is InChI=1S/C15H21N3/c1-4-7-16-11-14-10-12(2)5-6-15(14)18-9-8-17-13(18)3/h5-6,8-10,16H,4,7,11H2,1-3H3. The van der Waals surface area contributed by atoms with E-state index in [0.29, 0.717) is 0 Å². The van der Waals surface area contributed by atoms with Crippen molar-refractivity contribution in [3.8, 4) is 5.69 Å². The fraction of sp³-hybridized carbons (Fsp3) is 0.400. The zero-order valence-corrected chi connectivity index (χ0v) is 11.4. The van der Waals surface area contributed by atoms with E-state index in [1.165, 1.54) is 16.8 Å². The molecule has 0 saturated carbocycles. The summed E-state index contributed by atoms with van der Waals surface area (Å²) in [6.45, 7) is 8.31. The van der Waals surface area contributed by atoms with Crippen LogP contribution >= 0.6 is 0 Å². The van der Waals surface area contributed by atoms with Crippen LogP contribution in [-0.2, 0) is 6.54 Å². The smallest absolute Gasteiger partial charge is 0.110 e. The van der Waals surface area contributed by atoms with Gasteiger partial charge in [-0.15, -0.1) is 0 Å². The van der Waals surface area contributed by atoms with Crippen LogP contribution in [0.15, 0.2) is 30.6 Å². The molecule has 96 valence electrons. The second-order valence-corrected chi connectivity index (χ2v) is 4.65. The van der Waals surface area contributed by atoms with Crippen LogP contribution in [0.2, 0.25) is 0 Å². The summed E-state index contributed by atoms with van der Waals surface area (Å²) in [5, 5.41) is 3.47. The van der Waals surface area contributed by atoms with Crippen molar-refractivity contribution >= 4 is 0 Å². The molecule has 0 unspecified atom stereocenters. The lowest BCUT2D eigenvalue weighted by molar-refractivity contribution is 0.672. The van der Waals surface area contributed by atoms with E-state index >= 15 is 0 Å². The van der Waals surface area contributed by atoms with E-state index in [2.05, 4.69) is 46.9 Å². The molecule has 2 aromatic rings. The predicted molar refractivity (Wildman–Crippen MR) is 75.0 cm³/mol. The molecule has 0 aliphatic heterocycles. The van der Waals surface area contributed by atoms with Crippen molar-refractivity contribution in [2.24, 2.45) is 0 Å². The predicted octanol–water partition coefficient (Wildman–Crippen LogP) is 2.99. The minimum atomic E-state index is 0.905. The Morgan fingerprint density at radius 2 is 2.11 bits per heavy atom. The van der Waals surface area contributed by atoms with Crippen molar-refractivity contribution < 1.29 is 0 Å². The molecule has 3 nitrogen and oxygen atoms in total. The summed E-state index contributed by atoms with van der Waals surface area (Å²) >= 11 is 0. The van der Waals surface area contributed by atoms with Gasteiger partial charge in [-0.05, 0) is 38.4 Å². The molecule has 0 aliphatic carbocycles. The molecular weight excluding hydrogens is 222 g/mol. The molecule has 0 spiro atoms. The molecule has 18 heavy (non-hydrogen) atoms. The summed E-state index contributed by atoms with van der Waals surface area (Å²) in [5.41, 5.74) is 3.84.